The van der Waals surface area contributed by atoms with E-state index in [-0.39, 0.29) is 31.5 Å². The van der Waals surface area contributed by atoms with Gasteiger partial charge in [0.1, 0.15) is 6.29 Å². The summed E-state index contributed by atoms with van der Waals surface area (Å²) in [6, 6.07) is 0. The van der Waals surface area contributed by atoms with Gasteiger partial charge in [-0.1, -0.05) is 78.1 Å². The van der Waals surface area contributed by atoms with E-state index in [0.717, 1.165) is 25.7 Å². The molecule has 0 bridgehead atoms. The highest BCUT2D eigenvalue weighted by atomic mass is 16.5. The summed E-state index contributed by atoms with van der Waals surface area (Å²) in [5.41, 5.74) is 0. The van der Waals surface area contributed by atoms with Gasteiger partial charge in [0.2, 0.25) is 5.91 Å². The fourth-order valence-corrected chi connectivity index (χ4v) is 2.98. The molecular formula is C22H42N2O4. The second-order valence-corrected chi connectivity index (χ2v) is 7.44. The molecule has 1 N–H and O–H groups in total. The van der Waals surface area contributed by atoms with Gasteiger partial charge < -0.3 is 14.8 Å². The van der Waals surface area contributed by atoms with Gasteiger partial charge in [-0.25, -0.2) is 0 Å². The van der Waals surface area contributed by atoms with Crippen molar-refractivity contribution in [1.82, 2.24) is 10.2 Å². The maximum atomic E-state index is 12.0. The van der Waals surface area contributed by atoms with Crippen molar-refractivity contribution in [3.8, 4) is 0 Å². The highest BCUT2D eigenvalue weighted by Crippen LogP contribution is 2.05. The van der Waals surface area contributed by atoms with Crippen LogP contribution in [0.3, 0.4) is 0 Å². The molecule has 28 heavy (non-hydrogen) atoms. The average Bonchev–Trinajstić information content (AvgIpc) is 2.66. The third-order valence-electron chi connectivity index (χ3n) is 4.67. The maximum Gasteiger partial charge on any atom is 0.320 e. The first-order valence-corrected chi connectivity index (χ1v) is 11.2. The van der Waals surface area contributed by atoms with Crippen molar-refractivity contribution in [3.63, 3.8) is 0 Å². The number of carbonyl (C=O) groups is 3. The Morgan fingerprint density at radius 1 is 0.821 bits per heavy atom. The predicted octanol–water partition coefficient (Wildman–Crippen LogP) is 3.87. The fraction of sp³-hybridized carbons (Fsp3) is 0.864. The predicted molar refractivity (Wildman–Crippen MR) is 113 cm³/mol. The van der Waals surface area contributed by atoms with Gasteiger partial charge in [-0.3, -0.25) is 14.5 Å². The number of amides is 1. The Kier molecular flexibility index (Phi) is 19.3. The topological polar surface area (TPSA) is 75.7 Å². The van der Waals surface area contributed by atoms with E-state index in [1.165, 1.54) is 56.3 Å². The Morgan fingerprint density at radius 2 is 1.39 bits per heavy atom. The molecule has 0 aromatic heterocycles. The molecule has 0 spiro atoms. The van der Waals surface area contributed by atoms with Crippen LogP contribution < -0.4 is 5.32 Å². The summed E-state index contributed by atoms with van der Waals surface area (Å²) >= 11 is 0. The minimum atomic E-state index is -0.376. The monoisotopic (exact) mass is 398 g/mol. The van der Waals surface area contributed by atoms with Crippen LogP contribution in [-0.4, -0.2) is 55.8 Å². The van der Waals surface area contributed by atoms with Gasteiger partial charge >= 0.3 is 5.97 Å². The smallest absolute Gasteiger partial charge is 0.320 e. The highest BCUT2D eigenvalue weighted by molar-refractivity contribution is 5.79. The van der Waals surface area contributed by atoms with E-state index in [1.807, 2.05) is 0 Å². The number of rotatable bonds is 20. The number of nitrogens with one attached hydrogen (secondary N) is 1. The first kappa shape index (κ1) is 26.6. The molecule has 0 rings (SSSR count). The molecule has 0 aromatic rings. The van der Waals surface area contributed by atoms with Crippen molar-refractivity contribution in [2.75, 3.05) is 32.8 Å². The van der Waals surface area contributed by atoms with Gasteiger partial charge in [0.05, 0.1) is 26.2 Å². The Morgan fingerprint density at radius 3 is 2.00 bits per heavy atom. The number of aldehydes is 1. The number of hydrogen-bond acceptors (Lipinski definition) is 5. The molecule has 0 radical (unpaired) electrons. The average molecular weight is 399 g/mol. The van der Waals surface area contributed by atoms with Crippen LogP contribution in [-0.2, 0) is 19.1 Å². The Hall–Kier alpha value is -1.43. The molecule has 0 saturated carbocycles. The summed E-state index contributed by atoms with van der Waals surface area (Å²) in [6.07, 6.45) is 14.5. The third-order valence-corrected chi connectivity index (χ3v) is 4.67. The van der Waals surface area contributed by atoms with Crippen molar-refractivity contribution in [2.45, 2.75) is 90.9 Å². The van der Waals surface area contributed by atoms with Crippen molar-refractivity contribution in [1.29, 1.82) is 0 Å². The van der Waals surface area contributed by atoms with Crippen LogP contribution >= 0.6 is 0 Å². The lowest BCUT2D eigenvalue weighted by molar-refractivity contribution is -0.145. The van der Waals surface area contributed by atoms with Crippen LogP contribution in [0, 0.1) is 0 Å². The Bertz CT molecular complexity index is 370. The van der Waals surface area contributed by atoms with Gasteiger partial charge in [-0.05, 0) is 12.8 Å². The second-order valence-electron chi connectivity index (χ2n) is 7.44. The summed E-state index contributed by atoms with van der Waals surface area (Å²) in [5, 5.41) is 2.86. The van der Waals surface area contributed by atoms with E-state index < -0.39 is 0 Å². The van der Waals surface area contributed by atoms with Crippen LogP contribution in [0.5, 0.6) is 0 Å². The first-order valence-electron chi connectivity index (χ1n) is 11.2. The molecule has 0 aliphatic carbocycles. The van der Waals surface area contributed by atoms with Crippen LogP contribution in [0.1, 0.15) is 90.9 Å². The van der Waals surface area contributed by atoms with E-state index in [2.05, 4.69) is 19.2 Å². The Balaban J connectivity index is 3.85. The molecule has 164 valence electrons. The third kappa shape index (κ3) is 18.0. The van der Waals surface area contributed by atoms with Gasteiger partial charge in [0.25, 0.3) is 0 Å². The van der Waals surface area contributed by atoms with Crippen LogP contribution in [0.4, 0.5) is 0 Å². The van der Waals surface area contributed by atoms with Crippen LogP contribution in [0.25, 0.3) is 0 Å². The fourth-order valence-electron chi connectivity index (χ4n) is 2.98. The number of nitrogens with zero attached hydrogens (tertiary/aromatic N) is 1. The zero-order valence-corrected chi connectivity index (χ0v) is 18.2. The minimum absolute atomic E-state index is 0.0288. The molecule has 0 unspecified atom stereocenters. The molecule has 0 aliphatic rings. The summed E-state index contributed by atoms with van der Waals surface area (Å²) in [7, 11) is 0. The number of carbonyl (C=O) groups excluding carboxylic acids is 3. The van der Waals surface area contributed by atoms with Crippen molar-refractivity contribution >= 4 is 18.2 Å². The van der Waals surface area contributed by atoms with Crippen molar-refractivity contribution in [3.05, 3.63) is 0 Å². The van der Waals surface area contributed by atoms with E-state index >= 15 is 0 Å². The molecular weight excluding hydrogens is 356 g/mol. The standard InChI is InChI=1S/C22H42N2O4/c1-3-5-7-9-11-13-15-23-21(26)19-24(16-17-25)20-22(27)28-18-14-12-10-8-6-4-2/h17H,3-16,18-20H2,1-2H3,(H,23,26). The lowest BCUT2D eigenvalue weighted by Gasteiger charge is -2.18. The lowest BCUT2D eigenvalue weighted by atomic mass is 10.1. The molecule has 0 atom stereocenters. The molecule has 0 saturated heterocycles. The Labute approximate surface area is 171 Å². The van der Waals surface area contributed by atoms with Gasteiger partial charge in [-0.15, -0.1) is 0 Å². The maximum absolute atomic E-state index is 12.0. The SMILES string of the molecule is CCCCCCCCNC(=O)CN(CC=O)CC(=O)OCCCCCCCC. The molecule has 0 heterocycles. The van der Waals surface area contributed by atoms with Crippen LogP contribution in [0.15, 0.2) is 0 Å². The molecule has 0 aliphatic heterocycles. The quantitative estimate of drug-likeness (QED) is 0.191. The summed E-state index contributed by atoms with van der Waals surface area (Å²) in [4.78, 5) is 36.3. The zero-order chi connectivity index (χ0) is 20.9. The first-order chi connectivity index (χ1) is 13.6. The summed E-state index contributed by atoms with van der Waals surface area (Å²) in [5.74, 6) is -0.529. The van der Waals surface area contributed by atoms with E-state index in [0.29, 0.717) is 19.4 Å². The van der Waals surface area contributed by atoms with E-state index in [9.17, 15) is 14.4 Å². The van der Waals surface area contributed by atoms with Crippen LogP contribution in [0.2, 0.25) is 0 Å². The number of hydrogen-bond donors (Lipinski definition) is 1. The summed E-state index contributed by atoms with van der Waals surface area (Å²) < 4.78 is 5.22. The number of unbranched alkanes of at least 4 members (excludes halogenated alkanes) is 10. The van der Waals surface area contributed by atoms with Crippen molar-refractivity contribution < 1.29 is 19.1 Å². The summed E-state index contributed by atoms with van der Waals surface area (Å²) in [6.45, 7) is 5.49. The molecule has 1 amide bonds. The van der Waals surface area contributed by atoms with E-state index in [4.69, 9.17) is 4.74 Å². The van der Waals surface area contributed by atoms with E-state index in [1.54, 1.807) is 0 Å². The molecule has 6 nitrogen and oxygen atoms in total. The van der Waals surface area contributed by atoms with Gasteiger partial charge in [0.15, 0.2) is 0 Å². The van der Waals surface area contributed by atoms with Gasteiger partial charge in [-0.2, -0.15) is 0 Å². The highest BCUT2D eigenvalue weighted by Gasteiger charge is 2.15. The molecule has 6 heteroatoms. The normalized spacial score (nSPS) is 10.8. The number of ether oxygens (including phenoxy) is 1. The zero-order valence-electron chi connectivity index (χ0n) is 18.2. The number of esters is 1. The van der Waals surface area contributed by atoms with Crippen molar-refractivity contribution in [2.24, 2.45) is 0 Å². The van der Waals surface area contributed by atoms with Gasteiger partial charge in [0, 0.05) is 6.54 Å². The second kappa shape index (κ2) is 20.3. The molecule has 0 aromatic carbocycles. The minimum Gasteiger partial charge on any atom is -0.465 e. The lowest BCUT2D eigenvalue weighted by Crippen LogP contribution is -2.41. The molecule has 0 fully saturated rings. The largest absolute Gasteiger partial charge is 0.465 e.